The van der Waals surface area contributed by atoms with E-state index >= 15 is 0 Å². The van der Waals surface area contributed by atoms with E-state index in [4.69, 9.17) is 4.74 Å². The van der Waals surface area contributed by atoms with Crippen LogP contribution >= 0.6 is 0 Å². The molecule has 30 heavy (non-hydrogen) atoms. The van der Waals surface area contributed by atoms with Crippen LogP contribution in [-0.2, 0) is 17.8 Å². The first-order chi connectivity index (χ1) is 14.7. The van der Waals surface area contributed by atoms with E-state index < -0.39 is 0 Å². The van der Waals surface area contributed by atoms with Gasteiger partial charge in [-0.15, -0.1) is 10.2 Å². The van der Waals surface area contributed by atoms with Crippen molar-refractivity contribution in [2.45, 2.75) is 26.9 Å². The smallest absolute Gasteiger partial charge is 0.262 e. The van der Waals surface area contributed by atoms with Crippen LogP contribution in [0.4, 0.5) is 11.6 Å². The zero-order chi connectivity index (χ0) is 21.1. The Balaban J connectivity index is 1.82. The molecule has 0 amide bonds. The van der Waals surface area contributed by atoms with Crippen LogP contribution in [-0.4, -0.2) is 32.4 Å². The Morgan fingerprint density at radius 3 is 2.50 bits per heavy atom. The van der Waals surface area contributed by atoms with Crippen LogP contribution in [0, 0.1) is 0 Å². The molecule has 4 rings (SSSR count). The van der Waals surface area contributed by atoms with Crippen molar-refractivity contribution in [3.8, 4) is 5.88 Å². The van der Waals surface area contributed by atoms with E-state index in [-0.39, 0.29) is 17.4 Å². The summed E-state index contributed by atoms with van der Waals surface area (Å²) < 4.78 is 8.65. The number of hydrogen-bond acceptors (Lipinski definition) is 6. The standard InChI is InChI=1S/C22H23N5O3/c1-3-26-20(28)15-9-5-7-11-17(15)23-22(26)25-24-19-16-10-6-8-12-18(16)27(21(19)29)13-14-30-4-2/h5-12,29H,3-4,13-14H2,1-2H3. The lowest BCUT2D eigenvalue weighted by atomic mass is 10.2. The van der Waals surface area contributed by atoms with Crippen molar-refractivity contribution in [1.82, 2.24) is 14.1 Å². The van der Waals surface area contributed by atoms with Gasteiger partial charge in [-0.3, -0.25) is 9.36 Å². The molecule has 8 nitrogen and oxygen atoms in total. The van der Waals surface area contributed by atoms with Gasteiger partial charge in [-0.1, -0.05) is 30.3 Å². The van der Waals surface area contributed by atoms with Crippen molar-refractivity contribution in [3.63, 3.8) is 0 Å². The van der Waals surface area contributed by atoms with Crippen molar-refractivity contribution < 1.29 is 9.84 Å². The van der Waals surface area contributed by atoms with E-state index in [9.17, 15) is 9.90 Å². The van der Waals surface area contributed by atoms with Gasteiger partial charge in [0.2, 0.25) is 5.88 Å². The van der Waals surface area contributed by atoms with Crippen molar-refractivity contribution in [3.05, 3.63) is 58.9 Å². The molecule has 0 saturated heterocycles. The van der Waals surface area contributed by atoms with Gasteiger partial charge in [0.25, 0.3) is 11.5 Å². The average Bonchev–Trinajstić information content (AvgIpc) is 3.03. The molecule has 2 aromatic carbocycles. The first kappa shape index (κ1) is 19.8. The highest BCUT2D eigenvalue weighted by atomic mass is 16.5. The van der Waals surface area contributed by atoms with Crippen molar-refractivity contribution >= 4 is 33.4 Å². The van der Waals surface area contributed by atoms with Crippen LogP contribution in [0.5, 0.6) is 5.88 Å². The number of azo groups is 1. The molecule has 2 heterocycles. The Labute approximate surface area is 173 Å². The summed E-state index contributed by atoms with van der Waals surface area (Å²) in [6.45, 7) is 5.76. The minimum Gasteiger partial charge on any atom is -0.493 e. The van der Waals surface area contributed by atoms with Gasteiger partial charge in [-0.2, -0.15) is 0 Å². The summed E-state index contributed by atoms with van der Waals surface area (Å²) in [4.78, 5) is 17.3. The van der Waals surface area contributed by atoms with Crippen LogP contribution in [0.1, 0.15) is 13.8 Å². The minimum atomic E-state index is -0.166. The lowest BCUT2D eigenvalue weighted by Gasteiger charge is -2.07. The van der Waals surface area contributed by atoms with E-state index in [1.807, 2.05) is 50.2 Å². The van der Waals surface area contributed by atoms with Crippen LogP contribution in [0.2, 0.25) is 0 Å². The number of aromatic hydroxyl groups is 1. The second kappa shape index (κ2) is 8.46. The zero-order valence-corrected chi connectivity index (χ0v) is 16.9. The van der Waals surface area contributed by atoms with Crippen molar-refractivity contribution in [2.24, 2.45) is 10.2 Å². The molecule has 0 radical (unpaired) electrons. The number of para-hydroxylation sites is 2. The number of nitrogens with zero attached hydrogens (tertiary/aromatic N) is 5. The number of rotatable bonds is 7. The highest BCUT2D eigenvalue weighted by Crippen LogP contribution is 2.39. The maximum absolute atomic E-state index is 12.8. The molecule has 1 N–H and O–H groups in total. The predicted molar refractivity (Wildman–Crippen MR) is 116 cm³/mol. The Hall–Kier alpha value is -3.52. The molecule has 2 aromatic heterocycles. The topological polar surface area (TPSA) is 94.0 Å². The molecule has 0 atom stereocenters. The van der Waals surface area contributed by atoms with E-state index in [1.54, 1.807) is 16.7 Å². The quantitative estimate of drug-likeness (QED) is 0.361. The lowest BCUT2D eigenvalue weighted by molar-refractivity contribution is 0.138. The third-order valence-electron chi connectivity index (χ3n) is 4.98. The molecular weight excluding hydrogens is 382 g/mol. The van der Waals surface area contributed by atoms with E-state index in [2.05, 4.69) is 15.2 Å². The molecular formula is C22H23N5O3. The number of hydrogen-bond donors (Lipinski definition) is 1. The minimum absolute atomic E-state index is 0.00541. The van der Waals surface area contributed by atoms with Gasteiger partial charge in [0.1, 0.15) is 0 Å². The van der Waals surface area contributed by atoms with Gasteiger partial charge < -0.3 is 14.4 Å². The van der Waals surface area contributed by atoms with Gasteiger partial charge >= 0.3 is 0 Å². The third-order valence-corrected chi connectivity index (χ3v) is 4.98. The van der Waals surface area contributed by atoms with Crippen molar-refractivity contribution in [2.75, 3.05) is 13.2 Å². The van der Waals surface area contributed by atoms with Gasteiger partial charge in [-0.25, -0.2) is 4.98 Å². The molecule has 0 bridgehead atoms. The highest BCUT2D eigenvalue weighted by molar-refractivity contribution is 5.95. The number of benzene rings is 2. The first-order valence-electron chi connectivity index (χ1n) is 9.95. The predicted octanol–water partition coefficient (Wildman–Crippen LogP) is 4.53. The molecule has 0 unspecified atom stereocenters. The summed E-state index contributed by atoms with van der Waals surface area (Å²) in [6, 6.07) is 14.7. The summed E-state index contributed by atoms with van der Waals surface area (Å²) in [5.41, 5.74) is 1.57. The normalized spacial score (nSPS) is 11.8. The molecule has 4 aromatic rings. The Morgan fingerprint density at radius 2 is 1.73 bits per heavy atom. The molecule has 0 saturated carbocycles. The molecule has 0 spiro atoms. The number of aromatic nitrogens is 3. The average molecular weight is 405 g/mol. The van der Waals surface area contributed by atoms with Crippen LogP contribution in [0.15, 0.2) is 63.6 Å². The van der Waals surface area contributed by atoms with E-state index in [0.717, 1.165) is 10.9 Å². The summed E-state index contributed by atoms with van der Waals surface area (Å²) in [6.07, 6.45) is 0. The summed E-state index contributed by atoms with van der Waals surface area (Å²) in [5, 5.41) is 20.7. The summed E-state index contributed by atoms with van der Waals surface area (Å²) >= 11 is 0. The maximum Gasteiger partial charge on any atom is 0.262 e. The Bertz CT molecular complexity index is 1290. The Kier molecular flexibility index (Phi) is 5.58. The van der Waals surface area contributed by atoms with Gasteiger partial charge in [0.15, 0.2) is 5.69 Å². The van der Waals surface area contributed by atoms with E-state index in [0.29, 0.717) is 42.9 Å². The van der Waals surface area contributed by atoms with Crippen LogP contribution in [0.3, 0.4) is 0 Å². The molecule has 0 aliphatic heterocycles. The molecule has 0 aliphatic rings. The van der Waals surface area contributed by atoms with Crippen LogP contribution in [0.25, 0.3) is 21.8 Å². The Morgan fingerprint density at radius 1 is 1.00 bits per heavy atom. The highest BCUT2D eigenvalue weighted by Gasteiger charge is 2.17. The molecule has 0 aliphatic carbocycles. The third kappa shape index (κ3) is 3.46. The number of ether oxygens (including phenoxy) is 1. The zero-order valence-electron chi connectivity index (χ0n) is 16.9. The maximum atomic E-state index is 12.8. The van der Waals surface area contributed by atoms with E-state index in [1.165, 1.54) is 4.57 Å². The molecule has 154 valence electrons. The SMILES string of the molecule is CCOCCn1c(O)c(N=Nc2nc3ccccc3c(=O)n2CC)c2ccccc21. The fraction of sp³-hybridized carbons (Fsp3) is 0.273. The second-order valence-corrected chi connectivity index (χ2v) is 6.72. The second-order valence-electron chi connectivity index (χ2n) is 6.72. The summed E-state index contributed by atoms with van der Waals surface area (Å²) in [5.74, 6) is 0.206. The van der Waals surface area contributed by atoms with Gasteiger partial charge in [0, 0.05) is 25.1 Å². The van der Waals surface area contributed by atoms with Crippen LogP contribution < -0.4 is 5.56 Å². The fourth-order valence-electron chi connectivity index (χ4n) is 3.51. The fourth-order valence-corrected chi connectivity index (χ4v) is 3.51. The van der Waals surface area contributed by atoms with Crippen molar-refractivity contribution in [1.29, 1.82) is 0 Å². The molecule has 8 heteroatoms. The first-order valence-corrected chi connectivity index (χ1v) is 9.95. The lowest BCUT2D eigenvalue weighted by Crippen LogP contribution is -2.20. The molecule has 0 fully saturated rings. The van der Waals surface area contributed by atoms with Gasteiger partial charge in [0.05, 0.1) is 23.0 Å². The van der Waals surface area contributed by atoms with Gasteiger partial charge in [-0.05, 0) is 32.0 Å². The largest absolute Gasteiger partial charge is 0.493 e. The number of fused-ring (bicyclic) bond motifs is 2. The summed E-state index contributed by atoms with van der Waals surface area (Å²) in [7, 11) is 0. The monoisotopic (exact) mass is 405 g/mol.